The van der Waals surface area contributed by atoms with Crippen LogP contribution in [0.15, 0.2) is 17.3 Å². The predicted molar refractivity (Wildman–Crippen MR) is 63.5 cm³/mol. The lowest BCUT2D eigenvalue weighted by Gasteiger charge is -2.06. The predicted octanol–water partition coefficient (Wildman–Crippen LogP) is 2.67. The Kier molecular flexibility index (Phi) is 4.44. The van der Waals surface area contributed by atoms with Gasteiger partial charge in [-0.25, -0.2) is 4.98 Å². The summed E-state index contributed by atoms with van der Waals surface area (Å²) in [5.74, 6) is 1.67. The first-order valence-electron chi connectivity index (χ1n) is 4.92. The summed E-state index contributed by atoms with van der Waals surface area (Å²) in [7, 11) is 0. The van der Waals surface area contributed by atoms with Gasteiger partial charge in [-0.05, 0) is 24.2 Å². The average Bonchev–Trinajstić information content (AvgIpc) is 2.20. The second kappa shape index (κ2) is 5.62. The highest BCUT2D eigenvalue weighted by Crippen LogP contribution is 2.26. The van der Waals surface area contributed by atoms with Crippen LogP contribution >= 0.6 is 11.8 Å². The van der Waals surface area contributed by atoms with E-state index in [0.29, 0.717) is 17.2 Å². The highest BCUT2D eigenvalue weighted by Gasteiger charge is 2.06. The largest absolute Gasteiger partial charge is 0.395 e. The summed E-state index contributed by atoms with van der Waals surface area (Å²) in [6, 6.07) is 3.70. The summed E-state index contributed by atoms with van der Waals surface area (Å²) in [6.07, 6.45) is 2.76. The van der Waals surface area contributed by atoms with E-state index in [9.17, 15) is 0 Å². The van der Waals surface area contributed by atoms with E-state index in [1.54, 1.807) is 24.0 Å². The molecule has 1 rings (SSSR count). The van der Waals surface area contributed by atoms with Crippen molar-refractivity contribution in [1.29, 1.82) is 5.26 Å². The van der Waals surface area contributed by atoms with Gasteiger partial charge in [-0.3, -0.25) is 0 Å². The number of rotatable bonds is 4. The summed E-state index contributed by atoms with van der Waals surface area (Å²) < 4.78 is 0. The zero-order valence-corrected chi connectivity index (χ0v) is 9.84. The molecule has 1 aromatic heterocycles. The normalized spacial score (nSPS) is 10.3. The molecule has 1 aromatic rings. The van der Waals surface area contributed by atoms with Crippen LogP contribution in [-0.4, -0.2) is 10.7 Å². The number of thioether (sulfide) groups is 1. The molecule has 0 radical (unpaired) electrons. The van der Waals surface area contributed by atoms with Crippen molar-refractivity contribution in [1.82, 2.24) is 4.98 Å². The van der Waals surface area contributed by atoms with Gasteiger partial charge in [-0.15, -0.1) is 11.8 Å². The minimum Gasteiger partial charge on any atom is -0.395 e. The summed E-state index contributed by atoms with van der Waals surface area (Å²) in [6.45, 7) is 4.37. The summed E-state index contributed by atoms with van der Waals surface area (Å²) in [5.41, 5.74) is 6.82. The fraction of sp³-hybridized carbons (Fsp3) is 0.455. The fourth-order valence-corrected chi connectivity index (χ4v) is 2.24. The van der Waals surface area contributed by atoms with Crippen LogP contribution in [-0.2, 0) is 0 Å². The molecule has 4 heteroatoms. The first kappa shape index (κ1) is 11.9. The van der Waals surface area contributed by atoms with Crippen LogP contribution in [0.2, 0.25) is 0 Å². The molecule has 0 aliphatic carbocycles. The molecule has 15 heavy (non-hydrogen) atoms. The van der Waals surface area contributed by atoms with E-state index in [4.69, 9.17) is 11.0 Å². The first-order chi connectivity index (χ1) is 7.15. The molecule has 0 bridgehead atoms. The Morgan fingerprint density at radius 2 is 2.33 bits per heavy atom. The van der Waals surface area contributed by atoms with Crippen molar-refractivity contribution < 1.29 is 0 Å². The molecule has 0 aliphatic heterocycles. The molecule has 1 heterocycles. The van der Waals surface area contributed by atoms with E-state index < -0.39 is 0 Å². The Balaban J connectivity index is 2.66. The lowest BCUT2D eigenvalue weighted by atomic mass is 10.2. The van der Waals surface area contributed by atoms with E-state index in [2.05, 4.69) is 24.9 Å². The van der Waals surface area contributed by atoms with Gasteiger partial charge in [-0.1, -0.05) is 13.8 Å². The molecular weight excluding hydrogens is 206 g/mol. The Morgan fingerprint density at radius 3 is 2.93 bits per heavy atom. The Hall–Kier alpha value is -1.21. The lowest BCUT2D eigenvalue weighted by Crippen LogP contribution is -1.97. The van der Waals surface area contributed by atoms with Crippen LogP contribution < -0.4 is 5.73 Å². The van der Waals surface area contributed by atoms with Gasteiger partial charge in [0, 0.05) is 6.20 Å². The zero-order chi connectivity index (χ0) is 11.3. The maximum atomic E-state index is 8.79. The number of hydrogen-bond acceptors (Lipinski definition) is 4. The van der Waals surface area contributed by atoms with Crippen molar-refractivity contribution in [2.75, 3.05) is 11.5 Å². The molecule has 0 aromatic carbocycles. The molecule has 0 atom stereocenters. The number of hydrogen-bond donors (Lipinski definition) is 1. The highest BCUT2D eigenvalue weighted by molar-refractivity contribution is 7.99. The van der Waals surface area contributed by atoms with E-state index in [1.807, 2.05) is 0 Å². The van der Waals surface area contributed by atoms with Crippen molar-refractivity contribution in [3.05, 3.63) is 17.8 Å². The fourth-order valence-electron chi connectivity index (χ4n) is 1.06. The van der Waals surface area contributed by atoms with Crippen LogP contribution in [0.4, 0.5) is 5.69 Å². The van der Waals surface area contributed by atoms with Crippen molar-refractivity contribution >= 4 is 17.4 Å². The van der Waals surface area contributed by atoms with E-state index in [0.717, 1.165) is 17.2 Å². The number of nitrogens with two attached hydrogens (primary N) is 1. The smallest absolute Gasteiger partial charge is 0.120 e. The number of aromatic nitrogens is 1. The van der Waals surface area contributed by atoms with Gasteiger partial charge in [0.2, 0.25) is 0 Å². The molecule has 0 fully saturated rings. The first-order valence-corrected chi connectivity index (χ1v) is 5.91. The number of nitriles is 1. The number of nitrogens with zero attached hydrogens (tertiary/aromatic N) is 2. The van der Waals surface area contributed by atoms with E-state index >= 15 is 0 Å². The summed E-state index contributed by atoms with van der Waals surface area (Å²) >= 11 is 1.62. The van der Waals surface area contributed by atoms with Gasteiger partial charge < -0.3 is 5.73 Å². The second-order valence-electron chi connectivity index (χ2n) is 3.72. The van der Waals surface area contributed by atoms with Crippen LogP contribution in [0.25, 0.3) is 0 Å². The van der Waals surface area contributed by atoms with Gasteiger partial charge in [0.25, 0.3) is 0 Å². The van der Waals surface area contributed by atoms with Crippen LogP contribution in [0.3, 0.4) is 0 Å². The quantitative estimate of drug-likeness (QED) is 0.794. The number of anilines is 1. The molecule has 80 valence electrons. The molecular formula is C11H15N3S. The van der Waals surface area contributed by atoms with Crippen molar-refractivity contribution in [2.24, 2.45) is 5.92 Å². The third kappa shape index (κ3) is 3.45. The van der Waals surface area contributed by atoms with Gasteiger partial charge in [0.05, 0.1) is 11.3 Å². The topological polar surface area (TPSA) is 62.7 Å². The van der Waals surface area contributed by atoms with Crippen LogP contribution in [0, 0.1) is 17.2 Å². The lowest BCUT2D eigenvalue weighted by molar-refractivity contribution is 0.632. The van der Waals surface area contributed by atoms with Crippen molar-refractivity contribution in [3.63, 3.8) is 0 Å². The molecule has 0 saturated carbocycles. The van der Waals surface area contributed by atoms with Crippen molar-refractivity contribution in [3.8, 4) is 6.07 Å². The molecule has 0 saturated heterocycles. The minimum atomic E-state index is 0.508. The average molecular weight is 221 g/mol. The Bertz CT molecular complexity index is 369. The highest BCUT2D eigenvalue weighted by atomic mass is 32.2. The maximum absolute atomic E-state index is 8.79. The Labute approximate surface area is 94.7 Å². The van der Waals surface area contributed by atoms with Gasteiger partial charge in [-0.2, -0.15) is 5.26 Å². The molecule has 3 nitrogen and oxygen atoms in total. The molecule has 0 spiro atoms. The van der Waals surface area contributed by atoms with Crippen LogP contribution in [0.1, 0.15) is 25.8 Å². The number of nitrogen functional groups attached to an aromatic ring is 1. The van der Waals surface area contributed by atoms with E-state index in [1.165, 1.54) is 0 Å². The summed E-state index contributed by atoms with van der Waals surface area (Å²) in [5, 5.41) is 9.56. The SMILES string of the molecule is CC(C)CCSc1nccc(C#N)c1N. The molecule has 0 aliphatic rings. The number of pyridine rings is 1. The van der Waals surface area contributed by atoms with Gasteiger partial charge in [0.15, 0.2) is 0 Å². The summed E-state index contributed by atoms with van der Waals surface area (Å²) in [4.78, 5) is 4.17. The molecule has 0 unspecified atom stereocenters. The minimum absolute atomic E-state index is 0.508. The van der Waals surface area contributed by atoms with E-state index in [-0.39, 0.29) is 0 Å². The van der Waals surface area contributed by atoms with Crippen LogP contribution in [0.5, 0.6) is 0 Å². The van der Waals surface area contributed by atoms with Gasteiger partial charge in [0.1, 0.15) is 11.1 Å². The maximum Gasteiger partial charge on any atom is 0.120 e. The monoisotopic (exact) mass is 221 g/mol. The third-order valence-electron chi connectivity index (χ3n) is 2.01. The van der Waals surface area contributed by atoms with Crippen molar-refractivity contribution in [2.45, 2.75) is 25.3 Å². The molecule has 2 N–H and O–H groups in total. The zero-order valence-electron chi connectivity index (χ0n) is 9.03. The molecule has 0 amide bonds. The second-order valence-corrected chi connectivity index (χ2v) is 4.80. The standard InChI is InChI=1S/C11H15N3S/c1-8(2)4-6-15-11-10(13)9(7-12)3-5-14-11/h3,5,8H,4,6,13H2,1-2H3. The Morgan fingerprint density at radius 1 is 1.60 bits per heavy atom. The third-order valence-corrected chi connectivity index (χ3v) is 3.05. The van der Waals surface area contributed by atoms with Gasteiger partial charge >= 0.3 is 0 Å².